The summed E-state index contributed by atoms with van der Waals surface area (Å²) in [5.74, 6) is 0.326. The number of pyridine rings is 1. The molecule has 0 aliphatic carbocycles. The number of carbonyl (C=O) groups is 1. The van der Waals surface area contributed by atoms with Crippen LogP contribution < -0.4 is 0 Å². The minimum atomic E-state index is 0.0761. The van der Waals surface area contributed by atoms with Crippen molar-refractivity contribution in [1.82, 2.24) is 15.2 Å². The van der Waals surface area contributed by atoms with Crippen LogP contribution in [0.5, 0.6) is 0 Å². The summed E-state index contributed by atoms with van der Waals surface area (Å²) in [7, 11) is 0. The van der Waals surface area contributed by atoms with Gasteiger partial charge in [-0.05, 0) is 28.8 Å². The van der Waals surface area contributed by atoms with Crippen molar-refractivity contribution < 1.29 is 9.53 Å². The third kappa shape index (κ3) is 2.94. The Morgan fingerprint density at radius 2 is 2.28 bits per heavy atom. The molecule has 6 heteroatoms. The molecule has 0 radical (unpaired) electrons. The number of carbonyl (C=O) groups excluding carboxylic acids is 1. The molecule has 1 N–H and O–H groups in total. The highest BCUT2D eigenvalue weighted by Crippen LogP contribution is 2.36. The van der Waals surface area contributed by atoms with Crippen LogP contribution in [-0.2, 0) is 16.1 Å². The van der Waals surface area contributed by atoms with Gasteiger partial charge in [-0.15, -0.1) is 0 Å². The second-order valence-corrected chi connectivity index (χ2v) is 6.71. The monoisotopic (exact) mass is 355 g/mol. The van der Waals surface area contributed by atoms with E-state index < -0.39 is 0 Å². The third-order valence-corrected chi connectivity index (χ3v) is 5.07. The zero-order valence-electron chi connectivity index (χ0n) is 13.9. The van der Waals surface area contributed by atoms with E-state index in [1.165, 1.54) is 0 Å². The highest BCUT2D eigenvalue weighted by Gasteiger charge is 2.25. The maximum atomic E-state index is 11.9. The van der Waals surface area contributed by atoms with Crippen molar-refractivity contribution in [1.29, 1.82) is 0 Å². The molecule has 128 valence electrons. The van der Waals surface area contributed by atoms with Crippen molar-refractivity contribution in [2.45, 2.75) is 32.3 Å². The Labute approximate surface area is 150 Å². The second kappa shape index (κ2) is 6.58. The Hall–Kier alpha value is -2.24. The van der Waals surface area contributed by atoms with Gasteiger partial charge in [-0.3, -0.25) is 14.9 Å². The van der Waals surface area contributed by atoms with Crippen LogP contribution in [0.2, 0.25) is 5.15 Å². The number of halogens is 1. The molecule has 0 amide bonds. The average molecular weight is 356 g/mol. The summed E-state index contributed by atoms with van der Waals surface area (Å²) in [4.78, 5) is 16.3. The molecule has 0 fully saturated rings. The molecule has 1 atom stereocenters. The molecule has 3 heterocycles. The first-order chi connectivity index (χ1) is 12.2. The van der Waals surface area contributed by atoms with Gasteiger partial charge in [-0.2, -0.15) is 5.10 Å². The average Bonchev–Trinajstić information content (AvgIpc) is 3.02. The summed E-state index contributed by atoms with van der Waals surface area (Å²) in [5.41, 5.74) is 5.08. The summed E-state index contributed by atoms with van der Waals surface area (Å²) in [5, 5.41) is 8.45. The first-order valence-corrected chi connectivity index (χ1v) is 8.75. The van der Waals surface area contributed by atoms with Gasteiger partial charge < -0.3 is 4.74 Å². The van der Waals surface area contributed by atoms with E-state index in [0.717, 1.165) is 33.2 Å². The minimum Gasteiger partial charge on any atom is -0.376 e. The van der Waals surface area contributed by atoms with Crippen LogP contribution >= 0.6 is 11.6 Å². The second-order valence-electron chi connectivity index (χ2n) is 6.33. The van der Waals surface area contributed by atoms with E-state index in [1.807, 2.05) is 37.5 Å². The minimum absolute atomic E-state index is 0.0761. The number of hydrogen-bond acceptors (Lipinski definition) is 4. The molecule has 5 nitrogen and oxygen atoms in total. The summed E-state index contributed by atoms with van der Waals surface area (Å²) >= 11 is 6.09. The molecule has 0 spiro atoms. The lowest BCUT2D eigenvalue weighted by molar-refractivity contribution is -0.119. The first-order valence-electron chi connectivity index (χ1n) is 8.37. The molecule has 4 rings (SSSR count). The van der Waals surface area contributed by atoms with Crippen LogP contribution in [0.4, 0.5) is 0 Å². The van der Waals surface area contributed by atoms with Crippen LogP contribution in [0.3, 0.4) is 0 Å². The Morgan fingerprint density at radius 1 is 1.40 bits per heavy atom. The number of hydrogen-bond donors (Lipinski definition) is 1. The number of nitrogens with one attached hydrogen (secondary N) is 1. The van der Waals surface area contributed by atoms with Crippen molar-refractivity contribution in [3.8, 4) is 11.1 Å². The van der Waals surface area contributed by atoms with Gasteiger partial charge in [0, 0.05) is 42.1 Å². The molecule has 1 unspecified atom stereocenters. The van der Waals surface area contributed by atoms with Gasteiger partial charge in [0.2, 0.25) is 0 Å². The lowest BCUT2D eigenvalue weighted by Crippen LogP contribution is -2.20. The SMILES string of the molecule is CCC(=O)CC1COCc2c(-c3ccc4c(Cl)[nH]nc4c3)cncc21. The molecule has 0 bridgehead atoms. The molecular formula is C19H18ClN3O2. The zero-order valence-corrected chi connectivity index (χ0v) is 14.6. The number of ketones is 1. The topological polar surface area (TPSA) is 67.9 Å². The quantitative estimate of drug-likeness (QED) is 0.759. The first kappa shape index (κ1) is 16.2. The number of aromatic nitrogens is 3. The normalized spacial score (nSPS) is 16.8. The van der Waals surface area contributed by atoms with Gasteiger partial charge in [0.15, 0.2) is 0 Å². The molecule has 3 aromatic rings. The fourth-order valence-corrected chi connectivity index (χ4v) is 3.60. The van der Waals surface area contributed by atoms with Gasteiger partial charge in [0.05, 0.1) is 18.7 Å². The van der Waals surface area contributed by atoms with Crippen molar-refractivity contribution in [2.24, 2.45) is 0 Å². The molecule has 0 saturated carbocycles. The smallest absolute Gasteiger partial charge is 0.133 e. The summed E-state index contributed by atoms with van der Waals surface area (Å²) in [6, 6.07) is 5.97. The van der Waals surface area contributed by atoms with Gasteiger partial charge in [-0.25, -0.2) is 0 Å². The maximum absolute atomic E-state index is 11.9. The largest absolute Gasteiger partial charge is 0.376 e. The lowest BCUT2D eigenvalue weighted by atomic mass is 9.86. The Kier molecular flexibility index (Phi) is 4.27. The van der Waals surface area contributed by atoms with E-state index in [4.69, 9.17) is 16.3 Å². The van der Waals surface area contributed by atoms with Crippen molar-refractivity contribution in [3.63, 3.8) is 0 Å². The Bertz CT molecular complexity index is 951. The standard InChI is InChI=1S/C19H18ClN3O2/c1-2-13(24)5-12-9-25-10-17-15(7-21-8-16(12)17)11-3-4-14-18(6-11)22-23-19(14)20/h3-4,6-8,12H,2,5,9-10H2,1H3,(H,22,23). The molecule has 25 heavy (non-hydrogen) atoms. The number of benzene rings is 1. The zero-order chi connectivity index (χ0) is 17.4. The van der Waals surface area contributed by atoms with Crippen molar-refractivity contribution in [3.05, 3.63) is 46.9 Å². The van der Waals surface area contributed by atoms with Crippen LogP contribution in [-0.4, -0.2) is 27.6 Å². The molecule has 1 aliphatic heterocycles. The predicted molar refractivity (Wildman–Crippen MR) is 96.6 cm³/mol. The molecular weight excluding hydrogens is 338 g/mol. The van der Waals surface area contributed by atoms with Crippen LogP contribution in [0.15, 0.2) is 30.6 Å². The van der Waals surface area contributed by atoms with Crippen LogP contribution in [0, 0.1) is 0 Å². The summed E-state index contributed by atoms with van der Waals surface area (Å²) < 4.78 is 5.78. The number of H-pyrrole nitrogens is 1. The number of nitrogens with zero attached hydrogens (tertiary/aromatic N) is 2. The molecule has 1 aliphatic rings. The number of ether oxygens (including phenoxy) is 1. The van der Waals surface area contributed by atoms with Crippen molar-refractivity contribution >= 4 is 28.3 Å². The van der Waals surface area contributed by atoms with Crippen LogP contribution in [0.1, 0.15) is 36.8 Å². The van der Waals surface area contributed by atoms with Gasteiger partial charge in [0.25, 0.3) is 0 Å². The van der Waals surface area contributed by atoms with Gasteiger partial charge in [-0.1, -0.05) is 24.6 Å². The highest BCUT2D eigenvalue weighted by atomic mass is 35.5. The number of fused-ring (bicyclic) bond motifs is 2. The fourth-order valence-electron chi connectivity index (χ4n) is 3.39. The van der Waals surface area contributed by atoms with E-state index >= 15 is 0 Å². The predicted octanol–water partition coefficient (Wildman–Crippen LogP) is 4.26. The van der Waals surface area contributed by atoms with E-state index in [9.17, 15) is 4.79 Å². The number of aromatic amines is 1. The van der Waals surface area contributed by atoms with Crippen LogP contribution in [0.25, 0.3) is 22.0 Å². The highest BCUT2D eigenvalue weighted by molar-refractivity contribution is 6.34. The van der Waals surface area contributed by atoms with Crippen molar-refractivity contribution in [2.75, 3.05) is 6.61 Å². The van der Waals surface area contributed by atoms with Gasteiger partial charge >= 0.3 is 0 Å². The molecule has 1 aromatic carbocycles. The summed E-state index contributed by atoms with van der Waals surface area (Å²) in [6.07, 6.45) is 4.78. The van der Waals surface area contributed by atoms with E-state index in [1.54, 1.807) is 0 Å². The maximum Gasteiger partial charge on any atom is 0.133 e. The van der Waals surface area contributed by atoms with E-state index in [2.05, 4.69) is 15.2 Å². The molecule has 2 aromatic heterocycles. The number of rotatable bonds is 4. The number of Topliss-reactive ketones (excluding diaryl/α,β-unsaturated/α-hetero) is 1. The van der Waals surface area contributed by atoms with E-state index in [0.29, 0.717) is 31.2 Å². The van der Waals surface area contributed by atoms with Gasteiger partial charge in [0.1, 0.15) is 10.9 Å². The Morgan fingerprint density at radius 3 is 3.12 bits per heavy atom. The fraction of sp³-hybridized carbons (Fsp3) is 0.316. The lowest BCUT2D eigenvalue weighted by Gasteiger charge is -2.26. The Balaban J connectivity index is 1.77. The van der Waals surface area contributed by atoms with E-state index in [-0.39, 0.29) is 11.7 Å². The molecule has 0 saturated heterocycles. The third-order valence-electron chi connectivity index (χ3n) is 4.78. The summed E-state index contributed by atoms with van der Waals surface area (Å²) in [6.45, 7) is 2.99.